The van der Waals surface area contributed by atoms with E-state index in [1.807, 2.05) is 12.3 Å². The fourth-order valence-electron chi connectivity index (χ4n) is 2.22. The van der Waals surface area contributed by atoms with Gasteiger partial charge in [0.15, 0.2) is 0 Å². The van der Waals surface area contributed by atoms with E-state index in [0.29, 0.717) is 10.7 Å². The molecule has 2 heterocycles. The van der Waals surface area contributed by atoms with E-state index in [1.54, 1.807) is 18.2 Å². The second-order valence-corrected chi connectivity index (χ2v) is 5.41. The summed E-state index contributed by atoms with van der Waals surface area (Å²) in [7, 11) is 0. The largest absolute Gasteiger partial charge is 0.711 e. The highest BCUT2D eigenvalue weighted by Crippen LogP contribution is 2.15. The zero-order valence-corrected chi connectivity index (χ0v) is 13.4. The van der Waals surface area contributed by atoms with Gasteiger partial charge in [-0.1, -0.05) is 31.0 Å². The van der Waals surface area contributed by atoms with Gasteiger partial charge in [0.05, 0.1) is 23.3 Å². The molecule has 3 rings (SSSR count). The Kier molecular flexibility index (Phi) is 5.60. The number of carboxylic acids is 1. The van der Waals surface area contributed by atoms with Gasteiger partial charge in [-0.15, -0.1) is 0 Å². The molecule has 0 fully saturated rings. The maximum absolute atomic E-state index is 11.3. The molecule has 0 radical (unpaired) electrons. The Morgan fingerprint density at radius 2 is 2.13 bits per heavy atom. The van der Waals surface area contributed by atoms with Crippen molar-refractivity contribution in [1.82, 2.24) is 4.98 Å². The lowest BCUT2D eigenvalue weighted by molar-refractivity contribution is -0.579. The molecule has 2 N–H and O–H groups in total. The number of nitrogens with one attached hydrogen (secondary N) is 1. The number of nitrogens with zero attached hydrogens (tertiary/aromatic N) is 1. The number of H-pyrrole nitrogens is 1. The van der Waals surface area contributed by atoms with Gasteiger partial charge < -0.3 is 10.3 Å². The standard InChI is InChI=1S/C10H12N2O.C7H5ClO2/c1-2-4-8-7-11-10-9(8)5-3-6-12(10)13;8-6-3-1-2-5(4-6)7(9)10/h3,5-7,11H,2,4H2,1H3;1-4H,(H,9,10). The number of aromatic amines is 1. The van der Waals surface area contributed by atoms with Crippen molar-refractivity contribution in [2.24, 2.45) is 0 Å². The number of carboxylic acid groups (broad SMARTS) is 1. The molecule has 0 bridgehead atoms. The van der Waals surface area contributed by atoms with E-state index in [0.717, 1.165) is 23.0 Å². The summed E-state index contributed by atoms with van der Waals surface area (Å²) in [6.45, 7) is 2.13. The van der Waals surface area contributed by atoms with Gasteiger partial charge in [-0.3, -0.25) is 0 Å². The van der Waals surface area contributed by atoms with E-state index < -0.39 is 5.97 Å². The summed E-state index contributed by atoms with van der Waals surface area (Å²) < 4.78 is 0.870. The minimum Gasteiger partial charge on any atom is -0.711 e. The zero-order valence-electron chi connectivity index (χ0n) is 12.6. The third kappa shape index (κ3) is 4.23. The normalized spacial score (nSPS) is 10.2. The molecule has 0 spiro atoms. The molecule has 2 aromatic heterocycles. The molecule has 0 saturated heterocycles. The van der Waals surface area contributed by atoms with Crippen LogP contribution >= 0.6 is 11.6 Å². The molecule has 23 heavy (non-hydrogen) atoms. The maximum atomic E-state index is 11.3. The first-order chi connectivity index (χ1) is 11.0. The quantitative estimate of drug-likeness (QED) is 0.565. The molecule has 0 amide bonds. The van der Waals surface area contributed by atoms with Crippen LogP contribution in [-0.4, -0.2) is 16.1 Å². The Balaban J connectivity index is 0.000000174. The van der Waals surface area contributed by atoms with Crippen LogP contribution in [-0.2, 0) is 6.42 Å². The Morgan fingerprint density at radius 1 is 1.35 bits per heavy atom. The lowest BCUT2D eigenvalue weighted by atomic mass is 10.1. The van der Waals surface area contributed by atoms with Crippen molar-refractivity contribution in [1.29, 1.82) is 0 Å². The first kappa shape index (κ1) is 16.8. The minimum absolute atomic E-state index is 0.215. The number of hydrogen-bond donors (Lipinski definition) is 2. The first-order valence-electron chi connectivity index (χ1n) is 7.20. The number of halogens is 1. The molecule has 0 aliphatic rings. The van der Waals surface area contributed by atoms with Crippen LogP contribution < -0.4 is 4.73 Å². The Hall–Kier alpha value is -2.53. The monoisotopic (exact) mass is 332 g/mol. The highest BCUT2D eigenvalue weighted by atomic mass is 35.5. The summed E-state index contributed by atoms with van der Waals surface area (Å²) in [6.07, 6.45) is 5.54. The second-order valence-electron chi connectivity index (χ2n) is 4.98. The molecule has 120 valence electrons. The molecule has 0 saturated carbocycles. The fourth-order valence-corrected chi connectivity index (χ4v) is 2.41. The predicted molar refractivity (Wildman–Crippen MR) is 89.7 cm³/mol. The van der Waals surface area contributed by atoms with Gasteiger partial charge in [0, 0.05) is 10.6 Å². The van der Waals surface area contributed by atoms with Crippen molar-refractivity contribution in [3.05, 3.63) is 70.1 Å². The van der Waals surface area contributed by atoms with Gasteiger partial charge in [0.25, 0.3) is 5.65 Å². The van der Waals surface area contributed by atoms with E-state index in [9.17, 15) is 10.0 Å². The van der Waals surface area contributed by atoms with Crippen LogP contribution in [0.15, 0.2) is 48.8 Å². The van der Waals surface area contributed by atoms with Gasteiger partial charge in [-0.2, -0.15) is 0 Å². The number of fused-ring (bicyclic) bond motifs is 1. The molecule has 0 aliphatic heterocycles. The number of pyridine rings is 1. The van der Waals surface area contributed by atoms with Gasteiger partial charge in [-0.05, 0) is 36.8 Å². The first-order valence-corrected chi connectivity index (χ1v) is 7.57. The van der Waals surface area contributed by atoms with Crippen LogP contribution in [0.1, 0.15) is 29.3 Å². The zero-order chi connectivity index (χ0) is 16.8. The van der Waals surface area contributed by atoms with Gasteiger partial charge >= 0.3 is 5.97 Å². The Bertz CT molecular complexity index is 814. The number of aryl methyl sites for hydroxylation is 1. The molecule has 1 aromatic carbocycles. The van der Waals surface area contributed by atoms with Gasteiger partial charge in [0.1, 0.15) is 0 Å². The molecular weight excluding hydrogens is 316 g/mol. The number of hydrogen-bond acceptors (Lipinski definition) is 2. The topological polar surface area (TPSA) is 80.0 Å². The van der Waals surface area contributed by atoms with Crippen molar-refractivity contribution in [2.75, 3.05) is 0 Å². The van der Waals surface area contributed by atoms with E-state index in [4.69, 9.17) is 16.7 Å². The predicted octanol–water partition coefficient (Wildman–Crippen LogP) is 3.79. The summed E-state index contributed by atoms with van der Waals surface area (Å²) in [5.41, 5.74) is 2.10. The smallest absolute Gasteiger partial charge is 0.335 e. The molecule has 3 aromatic rings. The SMILES string of the molecule is CCCc1c[nH]c2c1ccc[n+]2[O-].O=C(O)c1cccc(Cl)c1. The van der Waals surface area contributed by atoms with Gasteiger partial charge in [0.2, 0.25) is 0 Å². The number of rotatable bonds is 3. The van der Waals surface area contributed by atoms with Crippen molar-refractivity contribution in [3.8, 4) is 0 Å². The molecule has 6 heteroatoms. The third-order valence-electron chi connectivity index (χ3n) is 3.28. The summed E-state index contributed by atoms with van der Waals surface area (Å²) in [5, 5.41) is 21.2. The number of carbonyl (C=O) groups is 1. The Morgan fingerprint density at radius 3 is 2.74 bits per heavy atom. The van der Waals surface area contributed by atoms with Crippen LogP contribution in [0.2, 0.25) is 5.02 Å². The van der Waals surface area contributed by atoms with Gasteiger partial charge in [-0.25, -0.2) is 14.5 Å². The maximum Gasteiger partial charge on any atom is 0.335 e. The van der Waals surface area contributed by atoms with E-state index in [-0.39, 0.29) is 5.56 Å². The summed E-state index contributed by atoms with van der Waals surface area (Å²) in [6, 6.07) is 9.89. The lowest BCUT2D eigenvalue weighted by Crippen LogP contribution is -2.25. The van der Waals surface area contributed by atoms with E-state index >= 15 is 0 Å². The highest BCUT2D eigenvalue weighted by Gasteiger charge is 2.08. The number of aromatic nitrogens is 2. The summed E-state index contributed by atoms with van der Waals surface area (Å²) in [4.78, 5) is 13.3. The van der Waals surface area contributed by atoms with Crippen LogP contribution in [0.4, 0.5) is 0 Å². The average Bonchev–Trinajstić information content (AvgIpc) is 2.93. The van der Waals surface area contributed by atoms with Crippen LogP contribution in [0.25, 0.3) is 11.0 Å². The molecule has 0 unspecified atom stereocenters. The summed E-state index contributed by atoms with van der Waals surface area (Å²) >= 11 is 5.53. The second kappa shape index (κ2) is 7.65. The number of benzene rings is 1. The van der Waals surface area contributed by atoms with Crippen molar-refractivity contribution in [3.63, 3.8) is 0 Å². The molecule has 5 nitrogen and oxygen atoms in total. The van der Waals surface area contributed by atoms with Crippen molar-refractivity contribution in [2.45, 2.75) is 19.8 Å². The van der Waals surface area contributed by atoms with E-state index in [2.05, 4.69) is 11.9 Å². The van der Waals surface area contributed by atoms with Crippen LogP contribution in [0.5, 0.6) is 0 Å². The van der Waals surface area contributed by atoms with Crippen molar-refractivity contribution >= 4 is 28.6 Å². The van der Waals surface area contributed by atoms with Crippen LogP contribution in [0, 0.1) is 5.21 Å². The average molecular weight is 333 g/mol. The lowest BCUT2D eigenvalue weighted by Gasteiger charge is -2.00. The Labute approximate surface area is 138 Å². The van der Waals surface area contributed by atoms with E-state index in [1.165, 1.54) is 23.9 Å². The number of aromatic carboxylic acids is 1. The fraction of sp³-hybridized carbons (Fsp3) is 0.176. The third-order valence-corrected chi connectivity index (χ3v) is 3.51. The van der Waals surface area contributed by atoms with Crippen LogP contribution in [0.3, 0.4) is 0 Å². The molecule has 0 aliphatic carbocycles. The van der Waals surface area contributed by atoms with Crippen molar-refractivity contribution < 1.29 is 14.6 Å². The molecular formula is C17H17ClN2O3. The minimum atomic E-state index is -0.956. The summed E-state index contributed by atoms with van der Waals surface area (Å²) in [5.74, 6) is -0.956. The highest BCUT2D eigenvalue weighted by molar-refractivity contribution is 6.30. The molecule has 0 atom stereocenters.